The van der Waals surface area contributed by atoms with Crippen molar-refractivity contribution in [2.75, 3.05) is 24.2 Å². The first-order valence-electron chi connectivity index (χ1n) is 6.32. The van der Waals surface area contributed by atoms with Crippen molar-refractivity contribution in [1.29, 1.82) is 0 Å². The number of halogens is 1. The van der Waals surface area contributed by atoms with E-state index in [1.807, 2.05) is 16.7 Å². The van der Waals surface area contributed by atoms with Crippen molar-refractivity contribution in [3.05, 3.63) is 0 Å². The van der Waals surface area contributed by atoms with Crippen LogP contribution in [0.25, 0.3) is 0 Å². The van der Waals surface area contributed by atoms with Crippen molar-refractivity contribution in [2.45, 2.75) is 43.6 Å². The summed E-state index contributed by atoms with van der Waals surface area (Å²) in [5, 5.41) is 1.00. The van der Waals surface area contributed by atoms with Gasteiger partial charge in [-0.15, -0.1) is 11.8 Å². The zero-order valence-corrected chi connectivity index (χ0v) is 12.6. The van der Waals surface area contributed by atoms with Gasteiger partial charge in [0.25, 0.3) is 0 Å². The number of thioether (sulfide) groups is 1. The van der Waals surface area contributed by atoms with Gasteiger partial charge in [-0.1, -0.05) is 22.4 Å². The molecule has 2 fully saturated rings. The van der Waals surface area contributed by atoms with Gasteiger partial charge in [0.05, 0.1) is 24.0 Å². The average molecular weight is 322 g/mol. The van der Waals surface area contributed by atoms with Crippen molar-refractivity contribution in [3.8, 4) is 0 Å². The summed E-state index contributed by atoms with van der Waals surface area (Å²) in [6.45, 7) is 3.48. The summed E-state index contributed by atoms with van der Waals surface area (Å²) in [4.78, 5) is 14.5. The van der Waals surface area contributed by atoms with Crippen LogP contribution in [-0.2, 0) is 9.53 Å². The van der Waals surface area contributed by atoms with Crippen molar-refractivity contribution in [1.82, 2.24) is 4.90 Å². The van der Waals surface area contributed by atoms with E-state index in [1.54, 1.807) is 0 Å². The fourth-order valence-corrected chi connectivity index (χ4v) is 4.00. The van der Waals surface area contributed by atoms with Gasteiger partial charge < -0.3 is 9.64 Å². The lowest BCUT2D eigenvalue weighted by molar-refractivity contribution is -0.142. The van der Waals surface area contributed by atoms with Gasteiger partial charge in [0.2, 0.25) is 5.91 Å². The monoisotopic (exact) mass is 321 g/mol. The van der Waals surface area contributed by atoms with Crippen LogP contribution in [-0.4, -0.2) is 52.4 Å². The summed E-state index contributed by atoms with van der Waals surface area (Å²) < 4.78 is 5.66. The largest absolute Gasteiger partial charge is 0.373 e. The van der Waals surface area contributed by atoms with Gasteiger partial charge in [0.15, 0.2) is 0 Å². The highest BCUT2D eigenvalue weighted by molar-refractivity contribution is 9.09. The zero-order valence-electron chi connectivity index (χ0n) is 10.2. The summed E-state index contributed by atoms with van der Waals surface area (Å²) in [5.41, 5.74) is 0. The fraction of sp³-hybridized carbons (Fsp3) is 0.917. The van der Waals surface area contributed by atoms with Crippen molar-refractivity contribution in [3.63, 3.8) is 0 Å². The topological polar surface area (TPSA) is 29.5 Å². The molecule has 3 nitrogen and oxygen atoms in total. The molecule has 0 bridgehead atoms. The fourth-order valence-electron chi connectivity index (χ4n) is 2.34. The molecule has 5 heteroatoms. The van der Waals surface area contributed by atoms with Gasteiger partial charge in [0, 0.05) is 11.9 Å². The molecule has 2 aliphatic heterocycles. The molecule has 2 saturated heterocycles. The molecule has 3 atom stereocenters. The predicted molar refractivity (Wildman–Crippen MR) is 74.8 cm³/mol. The number of ether oxygens (including phenoxy) is 1. The minimum absolute atomic E-state index is 0.156. The summed E-state index contributed by atoms with van der Waals surface area (Å²) in [5.74, 6) is 1.47. The molecule has 1 amide bonds. The second-order valence-corrected chi connectivity index (χ2v) is 6.76. The molecule has 0 radical (unpaired) electrons. The molecule has 0 aliphatic carbocycles. The Labute approximate surface area is 116 Å². The summed E-state index contributed by atoms with van der Waals surface area (Å²) in [7, 11) is 0. The smallest absolute Gasteiger partial charge is 0.236 e. The van der Waals surface area contributed by atoms with Gasteiger partial charge in [-0.25, -0.2) is 0 Å². The lowest BCUT2D eigenvalue weighted by atomic mass is 10.1. The highest BCUT2D eigenvalue weighted by Gasteiger charge is 2.33. The first-order chi connectivity index (χ1) is 8.22. The van der Waals surface area contributed by atoms with E-state index in [4.69, 9.17) is 4.74 Å². The van der Waals surface area contributed by atoms with E-state index < -0.39 is 0 Å². The van der Waals surface area contributed by atoms with E-state index in [1.165, 1.54) is 12.8 Å². The Morgan fingerprint density at radius 3 is 3.00 bits per heavy atom. The van der Waals surface area contributed by atoms with Gasteiger partial charge in [-0.2, -0.15) is 0 Å². The minimum atomic E-state index is 0.156. The van der Waals surface area contributed by atoms with Crippen LogP contribution in [0.3, 0.4) is 0 Å². The quantitative estimate of drug-likeness (QED) is 0.731. The molecule has 0 aromatic rings. The molecule has 0 aromatic carbocycles. The van der Waals surface area contributed by atoms with Crippen LogP contribution in [0.2, 0.25) is 0 Å². The highest BCUT2D eigenvalue weighted by Crippen LogP contribution is 2.28. The van der Waals surface area contributed by atoms with Crippen LogP contribution in [0.15, 0.2) is 0 Å². The second kappa shape index (κ2) is 6.43. The molecule has 2 rings (SSSR count). The summed E-state index contributed by atoms with van der Waals surface area (Å²) in [6.07, 6.45) is 3.66. The van der Waals surface area contributed by atoms with Crippen LogP contribution in [0, 0.1) is 0 Å². The molecular weight excluding hydrogens is 302 g/mol. The molecular formula is C12H20BrNO2S. The predicted octanol–water partition coefficient (Wildman–Crippen LogP) is 2.28. The number of nitrogens with zero attached hydrogens (tertiary/aromatic N) is 1. The number of rotatable bonds is 2. The molecule has 0 N–H and O–H groups in total. The summed E-state index contributed by atoms with van der Waals surface area (Å²) in [6, 6.07) is 0.223. The van der Waals surface area contributed by atoms with E-state index in [9.17, 15) is 4.79 Å². The maximum absolute atomic E-state index is 12.5. The Morgan fingerprint density at radius 1 is 1.53 bits per heavy atom. The molecule has 17 heavy (non-hydrogen) atoms. The maximum atomic E-state index is 12.5. The van der Waals surface area contributed by atoms with Crippen molar-refractivity contribution in [2.24, 2.45) is 0 Å². The normalized spacial score (nSPS) is 34.7. The zero-order chi connectivity index (χ0) is 12.3. The van der Waals surface area contributed by atoms with Gasteiger partial charge in [-0.05, 0) is 25.5 Å². The Kier molecular flexibility index (Phi) is 5.18. The van der Waals surface area contributed by atoms with E-state index in [-0.39, 0.29) is 17.4 Å². The minimum Gasteiger partial charge on any atom is -0.373 e. The third-order valence-corrected chi connectivity index (χ3v) is 5.50. The lowest BCUT2D eigenvalue weighted by Gasteiger charge is -2.39. The third-order valence-electron chi connectivity index (χ3n) is 3.42. The Hall–Kier alpha value is 0.260. The first-order valence-corrected chi connectivity index (χ1v) is 8.49. The van der Waals surface area contributed by atoms with E-state index >= 15 is 0 Å². The molecule has 2 heterocycles. The highest BCUT2D eigenvalue weighted by atomic mass is 79.9. The standard InChI is InChI=1S/C12H20BrNO2S/c1-9-8-16-10(6-13)7-14(9)12(15)11-4-2-3-5-17-11/h9-11H,2-8H2,1H3. The second-order valence-electron chi connectivity index (χ2n) is 4.80. The first kappa shape index (κ1) is 13.7. The Bertz CT molecular complexity index is 271. The van der Waals surface area contributed by atoms with Crippen LogP contribution < -0.4 is 0 Å². The van der Waals surface area contributed by atoms with Crippen LogP contribution in [0.1, 0.15) is 26.2 Å². The molecule has 3 unspecified atom stereocenters. The van der Waals surface area contributed by atoms with Crippen LogP contribution in [0.4, 0.5) is 0 Å². The molecule has 98 valence electrons. The van der Waals surface area contributed by atoms with E-state index in [2.05, 4.69) is 22.9 Å². The number of carbonyl (C=O) groups is 1. The number of carbonyl (C=O) groups excluding carboxylic acids is 1. The van der Waals surface area contributed by atoms with Crippen molar-refractivity contribution >= 4 is 33.6 Å². The number of amides is 1. The Morgan fingerprint density at radius 2 is 2.35 bits per heavy atom. The molecule has 0 saturated carbocycles. The number of hydrogen-bond acceptors (Lipinski definition) is 3. The van der Waals surface area contributed by atoms with Crippen LogP contribution in [0.5, 0.6) is 0 Å². The third kappa shape index (κ3) is 3.38. The van der Waals surface area contributed by atoms with Crippen molar-refractivity contribution < 1.29 is 9.53 Å². The van der Waals surface area contributed by atoms with Crippen LogP contribution >= 0.6 is 27.7 Å². The van der Waals surface area contributed by atoms with Gasteiger partial charge in [-0.3, -0.25) is 4.79 Å². The average Bonchev–Trinajstić information content (AvgIpc) is 2.39. The van der Waals surface area contributed by atoms with E-state index in [0.717, 1.165) is 24.0 Å². The number of morpholine rings is 1. The SMILES string of the molecule is CC1COC(CBr)CN1C(=O)C1CCCCS1. The van der Waals surface area contributed by atoms with Gasteiger partial charge >= 0.3 is 0 Å². The summed E-state index contributed by atoms with van der Waals surface area (Å²) >= 11 is 5.27. The van der Waals surface area contributed by atoms with Gasteiger partial charge in [0.1, 0.15) is 0 Å². The molecule has 0 aromatic heterocycles. The van der Waals surface area contributed by atoms with E-state index in [0.29, 0.717) is 12.5 Å². The number of hydrogen-bond donors (Lipinski definition) is 0. The lowest BCUT2D eigenvalue weighted by Crippen LogP contribution is -2.54. The number of alkyl halides is 1. The molecule has 2 aliphatic rings. The maximum Gasteiger partial charge on any atom is 0.236 e. The Balaban J connectivity index is 1.95. The molecule has 0 spiro atoms.